The Bertz CT molecular complexity index is 1130. The molecule has 3 aromatic rings. The number of amides is 1. The van der Waals surface area contributed by atoms with Crippen molar-refractivity contribution in [3.63, 3.8) is 0 Å². The van der Waals surface area contributed by atoms with Crippen LogP contribution in [-0.2, 0) is 17.0 Å². The maximum atomic E-state index is 13.1. The van der Waals surface area contributed by atoms with Crippen molar-refractivity contribution < 1.29 is 14.3 Å². The molecule has 1 aromatic heterocycles. The highest BCUT2D eigenvalue weighted by atomic mass is 35.5. The number of carbonyl (C=O) groups excluding carboxylic acids is 1. The number of carbonyl (C=O) groups is 1. The Balaban J connectivity index is 1.31. The molecule has 0 aliphatic carbocycles. The molecule has 0 spiro atoms. The lowest BCUT2D eigenvalue weighted by Crippen LogP contribution is -2.38. The van der Waals surface area contributed by atoms with Crippen molar-refractivity contribution in [1.82, 2.24) is 9.88 Å². The number of hydrogen-bond donors (Lipinski definition) is 0. The minimum absolute atomic E-state index is 0.0625. The average Bonchev–Trinajstić information content (AvgIpc) is 3.52. The summed E-state index contributed by atoms with van der Waals surface area (Å²) in [5.74, 6) is 1.17. The standard InChI is InChI=1S/C25H26ClN3O3S/c26-16-20-17-27-24(33-20)25(30)29-8-7-22-21(5-2-6-23(22)29)18-3-1-4-19(15-18)32-14-11-28-9-12-31-13-10-28/h1-6,15,17H,7-14,16H2. The van der Waals surface area contributed by atoms with Gasteiger partial charge in [0, 0.05) is 42.9 Å². The van der Waals surface area contributed by atoms with E-state index in [0.717, 1.165) is 66.7 Å². The zero-order chi connectivity index (χ0) is 22.6. The molecule has 0 unspecified atom stereocenters. The fourth-order valence-electron chi connectivity index (χ4n) is 4.37. The highest BCUT2D eigenvalue weighted by Crippen LogP contribution is 2.38. The first-order valence-corrected chi connectivity index (χ1v) is 12.6. The van der Waals surface area contributed by atoms with Crippen molar-refractivity contribution in [1.29, 1.82) is 0 Å². The molecule has 1 saturated heterocycles. The Kier molecular flexibility index (Phi) is 6.92. The topological polar surface area (TPSA) is 54.9 Å². The zero-order valence-electron chi connectivity index (χ0n) is 18.3. The van der Waals surface area contributed by atoms with Crippen molar-refractivity contribution in [2.45, 2.75) is 12.3 Å². The molecule has 1 amide bonds. The Morgan fingerprint density at radius 2 is 2.00 bits per heavy atom. The Morgan fingerprint density at radius 3 is 2.82 bits per heavy atom. The van der Waals surface area contributed by atoms with Gasteiger partial charge in [-0.1, -0.05) is 24.3 Å². The fraction of sp³-hybridized carbons (Fsp3) is 0.360. The van der Waals surface area contributed by atoms with Crippen LogP contribution in [0.15, 0.2) is 48.7 Å². The summed E-state index contributed by atoms with van der Waals surface area (Å²) in [6, 6.07) is 14.4. The monoisotopic (exact) mass is 483 g/mol. The largest absolute Gasteiger partial charge is 0.492 e. The number of benzene rings is 2. The molecule has 172 valence electrons. The van der Waals surface area contributed by atoms with Crippen LogP contribution >= 0.6 is 22.9 Å². The van der Waals surface area contributed by atoms with Gasteiger partial charge < -0.3 is 14.4 Å². The van der Waals surface area contributed by atoms with Gasteiger partial charge in [-0.05, 0) is 41.3 Å². The molecule has 8 heteroatoms. The summed E-state index contributed by atoms with van der Waals surface area (Å²) in [5, 5.41) is 0.486. The lowest BCUT2D eigenvalue weighted by atomic mass is 9.98. The van der Waals surface area contributed by atoms with E-state index in [4.69, 9.17) is 21.1 Å². The number of halogens is 1. The maximum Gasteiger partial charge on any atom is 0.287 e. The summed E-state index contributed by atoms with van der Waals surface area (Å²) in [6.45, 7) is 5.71. The molecule has 2 aliphatic heterocycles. The van der Waals surface area contributed by atoms with E-state index < -0.39 is 0 Å². The van der Waals surface area contributed by atoms with E-state index >= 15 is 0 Å². The van der Waals surface area contributed by atoms with Crippen LogP contribution in [0.4, 0.5) is 5.69 Å². The van der Waals surface area contributed by atoms with E-state index in [1.807, 2.05) is 29.2 Å². The Labute approximate surface area is 202 Å². The SMILES string of the molecule is O=C(c1ncc(CCl)s1)N1CCc2c(-c3cccc(OCCN4CCOCC4)c3)cccc21. The molecule has 2 aromatic carbocycles. The summed E-state index contributed by atoms with van der Waals surface area (Å²) in [4.78, 5) is 22.5. The second-order valence-corrected chi connectivity index (χ2v) is 9.49. The fourth-order valence-corrected chi connectivity index (χ4v) is 5.31. The first kappa shape index (κ1) is 22.3. The number of ether oxygens (including phenoxy) is 2. The van der Waals surface area contributed by atoms with Crippen molar-refractivity contribution in [2.75, 3.05) is 50.9 Å². The molecular formula is C25H26ClN3O3S. The van der Waals surface area contributed by atoms with Gasteiger partial charge in [-0.25, -0.2) is 4.98 Å². The summed E-state index contributed by atoms with van der Waals surface area (Å²) >= 11 is 7.25. The van der Waals surface area contributed by atoms with Gasteiger partial charge in [0.25, 0.3) is 5.91 Å². The molecule has 0 saturated carbocycles. The van der Waals surface area contributed by atoms with Crippen LogP contribution in [0.5, 0.6) is 5.75 Å². The number of aromatic nitrogens is 1. The molecule has 0 bridgehead atoms. The predicted molar refractivity (Wildman–Crippen MR) is 132 cm³/mol. The van der Waals surface area contributed by atoms with Crippen LogP contribution in [0.1, 0.15) is 20.2 Å². The lowest BCUT2D eigenvalue weighted by molar-refractivity contribution is 0.0322. The average molecular weight is 484 g/mol. The lowest BCUT2D eigenvalue weighted by Gasteiger charge is -2.26. The zero-order valence-corrected chi connectivity index (χ0v) is 19.9. The number of thiazole rings is 1. The van der Waals surface area contributed by atoms with E-state index in [1.54, 1.807) is 6.20 Å². The van der Waals surface area contributed by atoms with Gasteiger partial charge in [-0.3, -0.25) is 9.69 Å². The van der Waals surface area contributed by atoms with Crippen LogP contribution in [0, 0.1) is 0 Å². The first-order chi connectivity index (χ1) is 16.2. The number of morpholine rings is 1. The summed E-state index contributed by atoms with van der Waals surface area (Å²) in [6.07, 6.45) is 2.50. The normalized spacial score (nSPS) is 16.1. The summed E-state index contributed by atoms with van der Waals surface area (Å²) in [7, 11) is 0. The van der Waals surface area contributed by atoms with E-state index in [-0.39, 0.29) is 5.91 Å². The van der Waals surface area contributed by atoms with Crippen LogP contribution in [0.3, 0.4) is 0 Å². The van der Waals surface area contributed by atoms with Crippen molar-refractivity contribution >= 4 is 34.5 Å². The first-order valence-electron chi connectivity index (χ1n) is 11.2. The second kappa shape index (κ2) is 10.2. The van der Waals surface area contributed by atoms with Gasteiger partial charge in [0.2, 0.25) is 0 Å². The maximum absolute atomic E-state index is 13.1. The molecule has 33 heavy (non-hydrogen) atoms. The third-order valence-electron chi connectivity index (χ3n) is 6.07. The van der Waals surface area contributed by atoms with Gasteiger partial charge in [0.05, 0.1) is 19.1 Å². The van der Waals surface area contributed by atoms with Crippen LogP contribution < -0.4 is 9.64 Å². The van der Waals surface area contributed by atoms with E-state index in [2.05, 4.69) is 28.1 Å². The number of rotatable bonds is 7. The highest BCUT2D eigenvalue weighted by molar-refractivity contribution is 7.13. The number of fused-ring (bicyclic) bond motifs is 1. The number of anilines is 1. The number of nitrogens with zero attached hydrogens (tertiary/aromatic N) is 3. The van der Waals surface area contributed by atoms with E-state index in [9.17, 15) is 4.79 Å². The highest BCUT2D eigenvalue weighted by Gasteiger charge is 2.29. The molecule has 0 radical (unpaired) electrons. The van der Waals surface area contributed by atoms with Gasteiger partial charge in [-0.15, -0.1) is 22.9 Å². The smallest absolute Gasteiger partial charge is 0.287 e. The van der Waals surface area contributed by atoms with Gasteiger partial charge in [0.15, 0.2) is 5.01 Å². The van der Waals surface area contributed by atoms with Crippen molar-refractivity contribution in [2.24, 2.45) is 0 Å². The molecule has 3 heterocycles. The third kappa shape index (κ3) is 4.92. The quantitative estimate of drug-likeness (QED) is 0.464. The molecule has 5 rings (SSSR count). The van der Waals surface area contributed by atoms with Crippen LogP contribution in [-0.4, -0.2) is 61.8 Å². The van der Waals surface area contributed by atoms with Crippen LogP contribution in [0.25, 0.3) is 11.1 Å². The van der Waals surface area contributed by atoms with E-state index in [0.29, 0.717) is 24.0 Å². The molecular weight excluding hydrogens is 458 g/mol. The van der Waals surface area contributed by atoms with Gasteiger partial charge in [-0.2, -0.15) is 0 Å². The van der Waals surface area contributed by atoms with Crippen molar-refractivity contribution in [3.8, 4) is 16.9 Å². The molecule has 6 nitrogen and oxygen atoms in total. The molecule has 0 atom stereocenters. The second-order valence-electron chi connectivity index (χ2n) is 8.11. The predicted octanol–water partition coefficient (Wildman–Crippen LogP) is 4.46. The van der Waals surface area contributed by atoms with E-state index in [1.165, 1.54) is 16.9 Å². The minimum Gasteiger partial charge on any atom is -0.492 e. The molecule has 0 N–H and O–H groups in total. The summed E-state index contributed by atoms with van der Waals surface area (Å²) < 4.78 is 11.5. The van der Waals surface area contributed by atoms with Crippen molar-refractivity contribution in [3.05, 3.63) is 64.1 Å². The van der Waals surface area contributed by atoms with Crippen LogP contribution in [0.2, 0.25) is 0 Å². The Morgan fingerprint density at radius 1 is 1.15 bits per heavy atom. The van der Waals surface area contributed by atoms with Gasteiger partial charge in [0.1, 0.15) is 12.4 Å². The number of hydrogen-bond acceptors (Lipinski definition) is 6. The molecule has 2 aliphatic rings. The summed E-state index contributed by atoms with van der Waals surface area (Å²) in [5.41, 5.74) is 4.38. The van der Waals surface area contributed by atoms with Gasteiger partial charge >= 0.3 is 0 Å². The minimum atomic E-state index is -0.0625. The third-order valence-corrected chi connectivity index (χ3v) is 7.50. The number of alkyl halides is 1. The molecule has 1 fully saturated rings. The Hall–Kier alpha value is -2.45.